The normalized spacial score (nSPS) is 16.3. The third-order valence-corrected chi connectivity index (χ3v) is 5.15. The molecule has 0 amide bonds. The van der Waals surface area contributed by atoms with E-state index in [1.807, 2.05) is 11.0 Å². The van der Waals surface area contributed by atoms with Crippen LogP contribution < -0.4 is 15.8 Å². The standard InChI is InChI=1S/C20H17FN6O3/c21-15-6-12(9-22)3-4-18(15)26-5-1-2-13(10-26)25-17-8-16-14(7-19(17)27(29)30)20(28)24-11-23-16/h3-4,6-8,11,13,25H,1-2,5,10H2,(H,23,24,28). The molecule has 30 heavy (non-hydrogen) atoms. The predicted molar refractivity (Wildman–Crippen MR) is 109 cm³/mol. The molecule has 0 radical (unpaired) electrons. The van der Waals surface area contributed by atoms with Gasteiger partial charge in [-0.05, 0) is 37.1 Å². The van der Waals surface area contributed by atoms with Crippen LogP contribution >= 0.6 is 0 Å². The average molecular weight is 408 g/mol. The molecule has 2 N–H and O–H groups in total. The molecule has 2 heterocycles. The smallest absolute Gasteiger partial charge is 0.293 e. The van der Waals surface area contributed by atoms with Gasteiger partial charge in [0.25, 0.3) is 11.2 Å². The first-order valence-corrected chi connectivity index (χ1v) is 9.33. The highest BCUT2D eigenvalue weighted by atomic mass is 19.1. The lowest BCUT2D eigenvalue weighted by Crippen LogP contribution is -2.42. The van der Waals surface area contributed by atoms with Gasteiger partial charge in [-0.3, -0.25) is 14.9 Å². The Labute approximate surface area is 169 Å². The first kappa shape index (κ1) is 19.3. The number of nitro benzene ring substituents is 1. The van der Waals surface area contributed by atoms with Crippen molar-refractivity contribution in [1.29, 1.82) is 5.26 Å². The van der Waals surface area contributed by atoms with Crippen LogP contribution in [0.5, 0.6) is 0 Å². The summed E-state index contributed by atoms with van der Waals surface area (Å²) in [5, 5.41) is 23.8. The van der Waals surface area contributed by atoms with Crippen molar-refractivity contribution in [2.24, 2.45) is 0 Å². The van der Waals surface area contributed by atoms with Crippen molar-refractivity contribution in [3.63, 3.8) is 0 Å². The van der Waals surface area contributed by atoms with Crippen LogP contribution in [-0.4, -0.2) is 34.0 Å². The maximum atomic E-state index is 14.4. The van der Waals surface area contributed by atoms with Crippen LogP contribution in [0.1, 0.15) is 18.4 Å². The summed E-state index contributed by atoms with van der Waals surface area (Å²) in [6, 6.07) is 8.77. The number of fused-ring (bicyclic) bond motifs is 1. The Balaban J connectivity index is 1.62. The van der Waals surface area contributed by atoms with Crippen LogP contribution in [-0.2, 0) is 0 Å². The number of benzene rings is 2. The maximum Gasteiger partial charge on any atom is 0.293 e. The SMILES string of the molecule is N#Cc1ccc(N2CCCC(Nc3cc4nc[nH]c(=O)c4cc3[N+](=O)[O-])C2)c(F)c1. The molecular weight excluding hydrogens is 391 g/mol. The van der Waals surface area contributed by atoms with Crippen LogP contribution in [0.4, 0.5) is 21.5 Å². The van der Waals surface area contributed by atoms with Gasteiger partial charge in [-0.15, -0.1) is 0 Å². The molecule has 4 rings (SSSR count). The Morgan fingerprint density at radius 2 is 2.20 bits per heavy atom. The van der Waals surface area contributed by atoms with Crippen molar-refractivity contribution in [2.45, 2.75) is 18.9 Å². The van der Waals surface area contributed by atoms with E-state index in [0.717, 1.165) is 12.8 Å². The summed E-state index contributed by atoms with van der Waals surface area (Å²) < 4.78 is 14.4. The number of hydrogen-bond donors (Lipinski definition) is 2. The number of anilines is 2. The molecule has 10 heteroatoms. The highest BCUT2D eigenvalue weighted by molar-refractivity contribution is 5.86. The highest BCUT2D eigenvalue weighted by Crippen LogP contribution is 2.31. The number of piperidine rings is 1. The Kier molecular flexibility index (Phi) is 5.02. The lowest BCUT2D eigenvalue weighted by molar-refractivity contribution is -0.383. The number of nitrogens with one attached hydrogen (secondary N) is 2. The summed E-state index contributed by atoms with van der Waals surface area (Å²) in [6.07, 6.45) is 2.75. The van der Waals surface area contributed by atoms with E-state index in [0.29, 0.717) is 24.3 Å². The van der Waals surface area contributed by atoms with Crippen LogP contribution in [0.25, 0.3) is 10.9 Å². The fraction of sp³-hybridized carbons (Fsp3) is 0.250. The van der Waals surface area contributed by atoms with Crippen LogP contribution in [0.3, 0.4) is 0 Å². The van der Waals surface area contributed by atoms with Crippen molar-refractivity contribution in [3.8, 4) is 6.07 Å². The van der Waals surface area contributed by atoms with Gasteiger partial charge in [-0.2, -0.15) is 5.26 Å². The first-order chi connectivity index (χ1) is 14.5. The average Bonchev–Trinajstić information content (AvgIpc) is 2.73. The number of nitrogens with zero attached hydrogens (tertiary/aromatic N) is 4. The number of H-pyrrole nitrogens is 1. The molecule has 0 bridgehead atoms. The number of rotatable bonds is 4. The van der Waals surface area contributed by atoms with E-state index < -0.39 is 16.3 Å². The predicted octanol–water partition coefficient (Wildman–Crippen LogP) is 2.92. The van der Waals surface area contributed by atoms with Crippen LogP contribution in [0, 0.1) is 27.3 Å². The maximum absolute atomic E-state index is 14.4. The summed E-state index contributed by atoms with van der Waals surface area (Å²) >= 11 is 0. The molecule has 0 aliphatic carbocycles. The van der Waals surface area contributed by atoms with Crippen molar-refractivity contribution >= 4 is 28.0 Å². The molecule has 3 aromatic rings. The van der Waals surface area contributed by atoms with E-state index in [2.05, 4.69) is 15.3 Å². The van der Waals surface area contributed by atoms with Crippen molar-refractivity contribution < 1.29 is 9.31 Å². The second kappa shape index (κ2) is 7.79. The van der Waals surface area contributed by atoms with Gasteiger partial charge in [-0.25, -0.2) is 9.37 Å². The number of aromatic nitrogens is 2. The molecule has 9 nitrogen and oxygen atoms in total. The molecule has 1 fully saturated rings. The van der Waals surface area contributed by atoms with E-state index in [1.54, 1.807) is 12.1 Å². The van der Waals surface area contributed by atoms with Gasteiger partial charge >= 0.3 is 0 Å². The minimum atomic E-state index is -0.547. The Morgan fingerprint density at radius 1 is 1.37 bits per heavy atom. The number of hydrogen-bond acceptors (Lipinski definition) is 7. The fourth-order valence-electron chi connectivity index (χ4n) is 3.74. The van der Waals surface area contributed by atoms with Gasteiger partial charge < -0.3 is 15.2 Å². The van der Waals surface area contributed by atoms with Gasteiger partial charge in [0.05, 0.1) is 39.5 Å². The molecular formula is C20H17FN6O3. The lowest BCUT2D eigenvalue weighted by atomic mass is 10.0. The van der Waals surface area contributed by atoms with Gasteiger partial charge in [0.2, 0.25) is 0 Å². The van der Waals surface area contributed by atoms with E-state index in [9.17, 15) is 19.3 Å². The van der Waals surface area contributed by atoms with E-state index in [4.69, 9.17) is 5.26 Å². The quantitative estimate of drug-likeness (QED) is 0.502. The minimum absolute atomic E-state index is 0.139. The van der Waals surface area contributed by atoms with Crippen molar-refractivity contribution in [3.05, 3.63) is 68.5 Å². The van der Waals surface area contributed by atoms with Gasteiger partial charge in [0.1, 0.15) is 11.5 Å². The van der Waals surface area contributed by atoms with Gasteiger partial charge in [0, 0.05) is 25.2 Å². The minimum Gasteiger partial charge on any atom is -0.375 e. The number of nitriles is 1. The van der Waals surface area contributed by atoms with Gasteiger partial charge in [0.15, 0.2) is 0 Å². The Bertz CT molecular complexity index is 1240. The fourth-order valence-corrected chi connectivity index (χ4v) is 3.74. The molecule has 1 unspecified atom stereocenters. The molecule has 1 aromatic heterocycles. The molecule has 1 atom stereocenters. The van der Waals surface area contributed by atoms with E-state index >= 15 is 0 Å². The molecule has 1 aliphatic rings. The van der Waals surface area contributed by atoms with Crippen LogP contribution in [0.15, 0.2) is 41.5 Å². The summed E-state index contributed by atoms with van der Waals surface area (Å²) in [5.74, 6) is -0.477. The molecule has 1 saturated heterocycles. The number of aromatic amines is 1. The molecule has 1 aliphatic heterocycles. The second-order valence-electron chi connectivity index (χ2n) is 7.08. The van der Waals surface area contributed by atoms with Crippen LogP contribution in [0.2, 0.25) is 0 Å². The van der Waals surface area contributed by atoms with Gasteiger partial charge in [-0.1, -0.05) is 0 Å². The second-order valence-corrected chi connectivity index (χ2v) is 7.08. The third kappa shape index (κ3) is 3.65. The number of halogens is 1. The lowest BCUT2D eigenvalue weighted by Gasteiger charge is -2.35. The highest BCUT2D eigenvalue weighted by Gasteiger charge is 2.25. The summed E-state index contributed by atoms with van der Waals surface area (Å²) in [4.78, 5) is 31.3. The van der Waals surface area contributed by atoms with Crippen molar-refractivity contribution in [1.82, 2.24) is 9.97 Å². The first-order valence-electron chi connectivity index (χ1n) is 9.33. The molecule has 0 spiro atoms. The zero-order valence-electron chi connectivity index (χ0n) is 15.8. The molecule has 2 aromatic carbocycles. The number of nitro groups is 1. The van der Waals surface area contributed by atoms with Crippen molar-refractivity contribution in [2.75, 3.05) is 23.3 Å². The Hall–Kier alpha value is -4.00. The topological polar surface area (TPSA) is 128 Å². The molecule has 0 saturated carbocycles. The molecule has 152 valence electrons. The zero-order valence-corrected chi connectivity index (χ0v) is 15.8. The summed E-state index contributed by atoms with van der Waals surface area (Å²) in [7, 11) is 0. The van der Waals surface area contributed by atoms with E-state index in [-0.39, 0.29) is 28.4 Å². The summed E-state index contributed by atoms with van der Waals surface area (Å²) in [6.45, 7) is 1.07. The monoisotopic (exact) mass is 408 g/mol. The largest absolute Gasteiger partial charge is 0.375 e. The zero-order chi connectivity index (χ0) is 21.3. The third-order valence-electron chi connectivity index (χ3n) is 5.15. The Morgan fingerprint density at radius 3 is 2.93 bits per heavy atom. The summed E-state index contributed by atoms with van der Waals surface area (Å²) in [5.41, 5.74) is 0.576. The van der Waals surface area contributed by atoms with E-state index in [1.165, 1.54) is 24.5 Å².